The van der Waals surface area contributed by atoms with Gasteiger partial charge in [-0.2, -0.15) is 0 Å². The summed E-state index contributed by atoms with van der Waals surface area (Å²) in [4.78, 5) is 24.3. The van der Waals surface area contributed by atoms with Gasteiger partial charge in [0.15, 0.2) is 0 Å². The Bertz CT molecular complexity index is 498. The lowest BCUT2D eigenvalue weighted by molar-refractivity contribution is -0.150. The number of ether oxygens (including phenoxy) is 1. The number of carbonyl (C=O) groups excluding carboxylic acids is 2. The molecule has 1 fully saturated rings. The van der Waals surface area contributed by atoms with Gasteiger partial charge >= 0.3 is 5.97 Å². The second-order valence-corrected chi connectivity index (χ2v) is 5.96. The molecular formula is C15H18BrNO3. The molecule has 2 rings (SSSR count). The Balaban J connectivity index is 2.11. The highest BCUT2D eigenvalue weighted by Crippen LogP contribution is 2.33. The maximum atomic E-state index is 12.4. The van der Waals surface area contributed by atoms with E-state index in [1.807, 2.05) is 12.1 Å². The second-order valence-electron chi connectivity index (χ2n) is 5.04. The van der Waals surface area contributed by atoms with E-state index in [0.717, 1.165) is 30.2 Å². The second kappa shape index (κ2) is 6.88. The molecule has 0 radical (unpaired) electrons. The molecule has 1 saturated carbocycles. The summed E-state index contributed by atoms with van der Waals surface area (Å²) in [6, 6.07) is 7.32. The van der Waals surface area contributed by atoms with Crippen molar-refractivity contribution in [3.8, 4) is 0 Å². The van der Waals surface area contributed by atoms with Crippen molar-refractivity contribution in [1.29, 1.82) is 0 Å². The van der Waals surface area contributed by atoms with Crippen molar-refractivity contribution in [2.75, 3.05) is 12.4 Å². The van der Waals surface area contributed by atoms with Gasteiger partial charge in [-0.25, -0.2) is 0 Å². The predicted molar refractivity (Wildman–Crippen MR) is 80.2 cm³/mol. The lowest BCUT2D eigenvalue weighted by Crippen LogP contribution is -2.35. The Morgan fingerprint density at radius 2 is 2.05 bits per heavy atom. The fraction of sp³-hybridized carbons (Fsp3) is 0.467. The van der Waals surface area contributed by atoms with Gasteiger partial charge in [0.05, 0.1) is 7.11 Å². The van der Waals surface area contributed by atoms with E-state index in [-0.39, 0.29) is 11.8 Å². The van der Waals surface area contributed by atoms with Gasteiger partial charge in [-0.1, -0.05) is 34.8 Å². The molecule has 0 unspecified atom stereocenters. The van der Waals surface area contributed by atoms with Gasteiger partial charge in [0.1, 0.15) is 5.92 Å². The summed E-state index contributed by atoms with van der Waals surface area (Å²) in [7, 11) is 1.33. The van der Waals surface area contributed by atoms with Crippen LogP contribution in [0.4, 0.5) is 5.69 Å². The molecule has 0 bridgehead atoms. The zero-order valence-corrected chi connectivity index (χ0v) is 13.0. The van der Waals surface area contributed by atoms with Crippen molar-refractivity contribution in [1.82, 2.24) is 0 Å². The molecule has 1 amide bonds. The SMILES string of the molecule is COC(=O)[C@H](C(=O)Nc1cccc(Br)c1)C1CCCC1. The molecule has 1 aliphatic carbocycles. The highest BCUT2D eigenvalue weighted by molar-refractivity contribution is 9.10. The molecule has 4 nitrogen and oxygen atoms in total. The molecule has 0 heterocycles. The topological polar surface area (TPSA) is 55.4 Å². The molecular weight excluding hydrogens is 322 g/mol. The summed E-state index contributed by atoms with van der Waals surface area (Å²) in [5, 5.41) is 2.81. The van der Waals surface area contributed by atoms with Gasteiger partial charge in [0.2, 0.25) is 5.91 Å². The fourth-order valence-electron chi connectivity index (χ4n) is 2.72. The number of nitrogens with one attached hydrogen (secondary N) is 1. The van der Waals surface area contributed by atoms with Gasteiger partial charge in [-0.15, -0.1) is 0 Å². The van der Waals surface area contributed by atoms with Gasteiger partial charge in [0, 0.05) is 10.2 Å². The molecule has 0 aromatic heterocycles. The number of halogens is 1. The van der Waals surface area contributed by atoms with Crippen molar-refractivity contribution < 1.29 is 14.3 Å². The molecule has 1 N–H and O–H groups in total. The zero-order valence-electron chi connectivity index (χ0n) is 11.4. The van der Waals surface area contributed by atoms with E-state index in [1.54, 1.807) is 12.1 Å². The normalized spacial score (nSPS) is 16.7. The molecule has 1 atom stereocenters. The first-order valence-electron chi connectivity index (χ1n) is 6.76. The van der Waals surface area contributed by atoms with Crippen LogP contribution in [0.2, 0.25) is 0 Å². The molecule has 1 aliphatic rings. The maximum absolute atomic E-state index is 12.4. The average molecular weight is 340 g/mol. The minimum absolute atomic E-state index is 0.0922. The lowest BCUT2D eigenvalue weighted by atomic mass is 9.90. The highest BCUT2D eigenvalue weighted by atomic mass is 79.9. The van der Waals surface area contributed by atoms with Crippen LogP contribution in [-0.4, -0.2) is 19.0 Å². The molecule has 0 saturated heterocycles. The van der Waals surface area contributed by atoms with Crippen molar-refractivity contribution in [3.05, 3.63) is 28.7 Å². The van der Waals surface area contributed by atoms with Gasteiger partial charge in [-0.05, 0) is 37.0 Å². The Morgan fingerprint density at radius 1 is 1.35 bits per heavy atom. The molecule has 0 spiro atoms. The van der Waals surface area contributed by atoms with Crippen LogP contribution in [0.25, 0.3) is 0 Å². The smallest absolute Gasteiger partial charge is 0.318 e. The summed E-state index contributed by atoms with van der Waals surface area (Å²) in [6.45, 7) is 0. The molecule has 1 aromatic rings. The number of carbonyl (C=O) groups is 2. The summed E-state index contributed by atoms with van der Waals surface area (Å²) in [5.41, 5.74) is 0.677. The number of rotatable bonds is 4. The van der Waals surface area contributed by atoms with Crippen LogP contribution in [0.15, 0.2) is 28.7 Å². The molecule has 1 aromatic carbocycles. The number of esters is 1. The molecule has 108 valence electrons. The summed E-state index contributed by atoms with van der Waals surface area (Å²) in [6.07, 6.45) is 3.96. The first kappa shape index (κ1) is 15.0. The fourth-order valence-corrected chi connectivity index (χ4v) is 3.12. The number of methoxy groups -OCH3 is 1. The van der Waals surface area contributed by atoms with Crippen LogP contribution >= 0.6 is 15.9 Å². The summed E-state index contributed by atoms with van der Waals surface area (Å²) < 4.78 is 5.68. The van der Waals surface area contributed by atoms with Crippen LogP contribution in [-0.2, 0) is 14.3 Å². The van der Waals surface area contributed by atoms with E-state index >= 15 is 0 Å². The van der Waals surface area contributed by atoms with E-state index in [1.165, 1.54) is 7.11 Å². The molecule has 0 aliphatic heterocycles. The van der Waals surface area contributed by atoms with Crippen LogP contribution in [0.1, 0.15) is 25.7 Å². The van der Waals surface area contributed by atoms with Crippen molar-refractivity contribution in [2.24, 2.45) is 11.8 Å². The zero-order chi connectivity index (χ0) is 14.5. The van der Waals surface area contributed by atoms with Gasteiger partial charge in [-0.3, -0.25) is 9.59 Å². The highest BCUT2D eigenvalue weighted by Gasteiger charge is 2.37. The number of hydrogen-bond donors (Lipinski definition) is 1. The molecule has 20 heavy (non-hydrogen) atoms. The summed E-state index contributed by atoms with van der Waals surface area (Å²) in [5.74, 6) is -1.33. The third-order valence-electron chi connectivity index (χ3n) is 3.70. The summed E-state index contributed by atoms with van der Waals surface area (Å²) >= 11 is 3.36. The Morgan fingerprint density at radius 3 is 2.65 bits per heavy atom. The third kappa shape index (κ3) is 3.60. The number of anilines is 1. The quantitative estimate of drug-likeness (QED) is 0.675. The lowest BCUT2D eigenvalue weighted by Gasteiger charge is -2.20. The Hall–Kier alpha value is -1.36. The van der Waals surface area contributed by atoms with E-state index in [0.29, 0.717) is 5.69 Å². The standard InChI is InChI=1S/C15H18BrNO3/c1-20-15(19)13(10-5-2-3-6-10)14(18)17-12-8-4-7-11(16)9-12/h4,7-10,13H,2-3,5-6H2,1H3,(H,17,18)/t13-/m0/s1. The van der Waals surface area contributed by atoms with E-state index in [4.69, 9.17) is 4.74 Å². The predicted octanol–water partition coefficient (Wildman–Crippen LogP) is 3.37. The average Bonchev–Trinajstić information content (AvgIpc) is 2.92. The van der Waals surface area contributed by atoms with E-state index < -0.39 is 11.9 Å². The van der Waals surface area contributed by atoms with Gasteiger partial charge in [0.25, 0.3) is 0 Å². The minimum Gasteiger partial charge on any atom is -0.468 e. The van der Waals surface area contributed by atoms with E-state index in [9.17, 15) is 9.59 Å². The maximum Gasteiger partial charge on any atom is 0.318 e. The number of hydrogen-bond acceptors (Lipinski definition) is 3. The minimum atomic E-state index is -0.707. The first-order chi connectivity index (χ1) is 9.61. The Labute approximate surface area is 127 Å². The number of amides is 1. The van der Waals surface area contributed by atoms with Crippen LogP contribution < -0.4 is 5.32 Å². The van der Waals surface area contributed by atoms with Crippen LogP contribution in [0.5, 0.6) is 0 Å². The Kier molecular flexibility index (Phi) is 5.17. The first-order valence-corrected chi connectivity index (χ1v) is 7.55. The van der Waals surface area contributed by atoms with Crippen LogP contribution in [0, 0.1) is 11.8 Å². The van der Waals surface area contributed by atoms with Gasteiger partial charge < -0.3 is 10.1 Å². The van der Waals surface area contributed by atoms with E-state index in [2.05, 4.69) is 21.2 Å². The van der Waals surface area contributed by atoms with Crippen LogP contribution in [0.3, 0.4) is 0 Å². The molecule has 5 heteroatoms. The van der Waals surface area contributed by atoms with Crippen molar-refractivity contribution in [2.45, 2.75) is 25.7 Å². The van der Waals surface area contributed by atoms with Crippen molar-refractivity contribution in [3.63, 3.8) is 0 Å². The third-order valence-corrected chi connectivity index (χ3v) is 4.19. The number of benzene rings is 1. The largest absolute Gasteiger partial charge is 0.468 e. The van der Waals surface area contributed by atoms with Crippen molar-refractivity contribution >= 4 is 33.5 Å². The monoisotopic (exact) mass is 339 g/mol.